The second-order valence-corrected chi connectivity index (χ2v) is 5.10. The fourth-order valence-corrected chi connectivity index (χ4v) is 2.26. The van der Waals surface area contributed by atoms with E-state index in [4.69, 9.17) is 5.11 Å². The van der Waals surface area contributed by atoms with Crippen LogP contribution in [0.2, 0.25) is 0 Å². The summed E-state index contributed by atoms with van der Waals surface area (Å²) < 4.78 is 4.43. The number of carboxylic acid groups (broad SMARTS) is 1. The first-order chi connectivity index (χ1) is 8.27. The Bertz CT molecular complexity index is 195. The van der Waals surface area contributed by atoms with Gasteiger partial charge in [0.2, 0.25) is 0 Å². The number of hydrogen-bond acceptors (Lipinski definition) is 3. The molecule has 0 fully saturated rings. The van der Waals surface area contributed by atoms with Crippen LogP contribution in [0.1, 0.15) is 44.9 Å². The lowest BCUT2D eigenvalue weighted by Crippen LogP contribution is -2.01. The molecule has 1 N–H and O–H groups in total. The molecule has 3 nitrogen and oxygen atoms in total. The monoisotopic (exact) mass is 260 g/mol. The molecular weight excluding hydrogens is 236 g/mol. The van der Waals surface area contributed by atoms with Crippen molar-refractivity contribution in [3.8, 4) is 0 Å². The summed E-state index contributed by atoms with van der Waals surface area (Å²) in [6.07, 6.45) is 9.01. The molecular formula is C13H24O3S. The largest absolute Gasteiger partial charge is 0.505 e. The van der Waals surface area contributed by atoms with Crippen molar-refractivity contribution >= 4 is 17.9 Å². The van der Waals surface area contributed by atoms with Gasteiger partial charge in [-0.1, -0.05) is 38.2 Å². The van der Waals surface area contributed by atoms with Crippen LogP contribution in [0.5, 0.6) is 0 Å². The van der Waals surface area contributed by atoms with Gasteiger partial charge in [0.05, 0.1) is 6.61 Å². The van der Waals surface area contributed by atoms with E-state index in [-0.39, 0.29) is 0 Å². The van der Waals surface area contributed by atoms with Crippen LogP contribution >= 0.6 is 11.8 Å². The third kappa shape index (κ3) is 15.4. The summed E-state index contributed by atoms with van der Waals surface area (Å²) in [5.41, 5.74) is 0. The lowest BCUT2D eigenvalue weighted by molar-refractivity contribution is 0.0899. The summed E-state index contributed by atoms with van der Waals surface area (Å²) >= 11 is 1.94. The van der Waals surface area contributed by atoms with Crippen molar-refractivity contribution in [3.63, 3.8) is 0 Å². The first kappa shape index (κ1) is 16.4. The van der Waals surface area contributed by atoms with Crippen molar-refractivity contribution in [2.75, 3.05) is 18.1 Å². The van der Waals surface area contributed by atoms with Crippen molar-refractivity contribution in [1.82, 2.24) is 0 Å². The summed E-state index contributed by atoms with van der Waals surface area (Å²) in [7, 11) is 0. The molecule has 0 heterocycles. The van der Waals surface area contributed by atoms with E-state index in [0.717, 1.165) is 18.6 Å². The van der Waals surface area contributed by atoms with Crippen molar-refractivity contribution in [2.45, 2.75) is 44.9 Å². The van der Waals surface area contributed by atoms with E-state index in [9.17, 15) is 4.79 Å². The molecule has 0 unspecified atom stereocenters. The molecule has 0 bridgehead atoms. The van der Waals surface area contributed by atoms with Gasteiger partial charge >= 0.3 is 6.16 Å². The summed E-state index contributed by atoms with van der Waals surface area (Å²) in [4.78, 5) is 10.1. The minimum atomic E-state index is -1.16. The third-order valence-electron chi connectivity index (χ3n) is 2.39. The van der Waals surface area contributed by atoms with Crippen molar-refractivity contribution < 1.29 is 14.6 Å². The van der Waals surface area contributed by atoms with E-state index < -0.39 is 6.16 Å². The molecule has 0 aliphatic carbocycles. The van der Waals surface area contributed by atoms with E-state index in [0.29, 0.717) is 6.61 Å². The number of rotatable bonds is 12. The first-order valence-corrected chi connectivity index (χ1v) is 7.47. The van der Waals surface area contributed by atoms with Crippen LogP contribution in [0.15, 0.2) is 12.7 Å². The van der Waals surface area contributed by atoms with Crippen LogP contribution in [0, 0.1) is 0 Å². The van der Waals surface area contributed by atoms with Gasteiger partial charge < -0.3 is 9.84 Å². The van der Waals surface area contributed by atoms with Crippen molar-refractivity contribution in [1.29, 1.82) is 0 Å². The maximum atomic E-state index is 10.1. The highest BCUT2D eigenvalue weighted by molar-refractivity contribution is 7.99. The van der Waals surface area contributed by atoms with Crippen LogP contribution in [0.3, 0.4) is 0 Å². The smallest absolute Gasteiger partial charge is 0.450 e. The molecule has 0 aliphatic heterocycles. The molecule has 0 aliphatic rings. The zero-order valence-corrected chi connectivity index (χ0v) is 11.3. The second-order valence-electron chi connectivity index (χ2n) is 3.95. The predicted molar refractivity (Wildman–Crippen MR) is 73.8 cm³/mol. The molecule has 0 aromatic heterocycles. The summed E-state index contributed by atoms with van der Waals surface area (Å²) in [5, 5.41) is 8.24. The van der Waals surface area contributed by atoms with Crippen LogP contribution in [0.4, 0.5) is 4.79 Å². The molecule has 0 rings (SSSR count). The van der Waals surface area contributed by atoms with E-state index in [1.165, 1.54) is 37.9 Å². The minimum Gasteiger partial charge on any atom is -0.450 e. The Morgan fingerprint density at radius 1 is 1.12 bits per heavy atom. The van der Waals surface area contributed by atoms with Crippen LogP contribution < -0.4 is 0 Å². The summed E-state index contributed by atoms with van der Waals surface area (Å²) in [6.45, 7) is 4.03. The van der Waals surface area contributed by atoms with Gasteiger partial charge in [0, 0.05) is 5.75 Å². The molecule has 4 heteroatoms. The van der Waals surface area contributed by atoms with E-state index in [2.05, 4.69) is 11.3 Å². The van der Waals surface area contributed by atoms with E-state index in [1.807, 2.05) is 17.8 Å². The number of hydrogen-bond donors (Lipinski definition) is 1. The quantitative estimate of drug-likeness (QED) is 0.322. The van der Waals surface area contributed by atoms with E-state index in [1.54, 1.807) is 0 Å². The average Bonchev–Trinajstić information content (AvgIpc) is 2.30. The summed E-state index contributed by atoms with van der Waals surface area (Å²) in [5.74, 6) is 2.29. The lowest BCUT2D eigenvalue weighted by atomic mass is 10.1. The molecule has 0 saturated heterocycles. The molecule has 0 saturated carbocycles. The highest BCUT2D eigenvalue weighted by Crippen LogP contribution is 2.10. The fraction of sp³-hybridized carbons (Fsp3) is 0.769. The van der Waals surface area contributed by atoms with Gasteiger partial charge in [-0.15, -0.1) is 6.58 Å². The average molecular weight is 260 g/mol. The van der Waals surface area contributed by atoms with Crippen LogP contribution in [-0.4, -0.2) is 29.4 Å². The molecule has 0 aromatic carbocycles. The van der Waals surface area contributed by atoms with Gasteiger partial charge in [0.1, 0.15) is 0 Å². The lowest BCUT2D eigenvalue weighted by Gasteiger charge is -2.02. The second kappa shape index (κ2) is 13.4. The van der Waals surface area contributed by atoms with Gasteiger partial charge in [-0.25, -0.2) is 4.79 Å². The Morgan fingerprint density at radius 2 is 1.71 bits per heavy atom. The Hall–Kier alpha value is -0.640. The normalized spacial score (nSPS) is 10.1. The first-order valence-electron chi connectivity index (χ1n) is 6.31. The molecule has 100 valence electrons. The Kier molecular flexibility index (Phi) is 12.9. The van der Waals surface area contributed by atoms with Crippen LogP contribution in [-0.2, 0) is 4.74 Å². The zero-order chi connectivity index (χ0) is 12.8. The molecule has 17 heavy (non-hydrogen) atoms. The molecule has 0 aromatic rings. The zero-order valence-electron chi connectivity index (χ0n) is 10.5. The minimum absolute atomic E-state index is 0.341. The topological polar surface area (TPSA) is 46.5 Å². The van der Waals surface area contributed by atoms with Crippen LogP contribution in [0.25, 0.3) is 0 Å². The number of unbranched alkanes of at least 4 members (excludes halogenated alkanes) is 6. The fourth-order valence-electron chi connectivity index (χ4n) is 1.52. The maximum Gasteiger partial charge on any atom is 0.505 e. The van der Waals surface area contributed by atoms with Gasteiger partial charge in [0.15, 0.2) is 0 Å². The predicted octanol–water partition coefficient (Wildman–Crippen LogP) is 4.33. The third-order valence-corrected chi connectivity index (χ3v) is 3.44. The maximum absolute atomic E-state index is 10.1. The highest BCUT2D eigenvalue weighted by atomic mass is 32.2. The molecule has 0 atom stereocenters. The number of ether oxygens (including phenoxy) is 1. The van der Waals surface area contributed by atoms with Crippen molar-refractivity contribution in [2.24, 2.45) is 0 Å². The Morgan fingerprint density at radius 3 is 2.29 bits per heavy atom. The van der Waals surface area contributed by atoms with Gasteiger partial charge in [-0.3, -0.25) is 0 Å². The van der Waals surface area contributed by atoms with E-state index >= 15 is 0 Å². The standard InChI is InChI=1S/C13H24O3S/c1-2-11-17-12-9-7-5-3-4-6-8-10-16-13(14)15/h2H,1,3-12H2,(H,14,15). The SMILES string of the molecule is C=CCSCCCCCCCCCOC(=O)O. The highest BCUT2D eigenvalue weighted by Gasteiger charge is 1.96. The summed E-state index contributed by atoms with van der Waals surface area (Å²) in [6, 6.07) is 0. The van der Waals surface area contributed by atoms with Gasteiger partial charge in [-0.05, 0) is 18.6 Å². The van der Waals surface area contributed by atoms with Gasteiger partial charge in [-0.2, -0.15) is 11.8 Å². The molecule has 0 amide bonds. The Labute approximate surface area is 109 Å². The Balaban J connectivity index is 2.94. The number of carbonyl (C=O) groups is 1. The molecule has 0 radical (unpaired) electrons. The van der Waals surface area contributed by atoms with Gasteiger partial charge in [0.25, 0.3) is 0 Å². The molecule has 0 spiro atoms. The van der Waals surface area contributed by atoms with Crippen molar-refractivity contribution in [3.05, 3.63) is 12.7 Å². The number of thioether (sulfide) groups is 1.